The predicted octanol–water partition coefficient (Wildman–Crippen LogP) is 6.48. The topological polar surface area (TPSA) is 24.8 Å². The summed E-state index contributed by atoms with van der Waals surface area (Å²) < 4.78 is 5.96. The van der Waals surface area contributed by atoms with Crippen molar-refractivity contribution in [2.75, 3.05) is 26.2 Å². The molecule has 0 amide bonds. The highest BCUT2D eigenvalue weighted by Crippen LogP contribution is 2.30. The van der Waals surface area contributed by atoms with Crippen LogP contribution in [0.15, 0.2) is 96.0 Å². The first-order chi connectivity index (χ1) is 16.3. The third-order valence-corrected chi connectivity index (χ3v) is 7.20. The maximum atomic E-state index is 5.96. The second kappa shape index (κ2) is 10.8. The minimum absolute atomic E-state index is 0.175. The highest BCUT2D eigenvalue weighted by atomic mass is 16.5. The van der Waals surface area contributed by atoms with Crippen LogP contribution in [0.25, 0.3) is 0 Å². The van der Waals surface area contributed by atoms with Crippen molar-refractivity contribution in [3.05, 3.63) is 108 Å². The molecule has 1 unspecified atom stereocenters. The second-order valence-corrected chi connectivity index (χ2v) is 9.41. The van der Waals surface area contributed by atoms with Gasteiger partial charge in [0.25, 0.3) is 0 Å². The number of nitrogens with zero attached hydrogens (tertiary/aromatic N) is 2. The lowest BCUT2D eigenvalue weighted by Crippen LogP contribution is -2.35. The predicted molar refractivity (Wildman–Crippen MR) is 136 cm³/mol. The van der Waals surface area contributed by atoms with E-state index in [0.717, 1.165) is 25.3 Å². The van der Waals surface area contributed by atoms with Crippen LogP contribution in [0.5, 0.6) is 0 Å². The van der Waals surface area contributed by atoms with E-state index in [1.807, 2.05) is 0 Å². The average molecular weight is 439 g/mol. The van der Waals surface area contributed by atoms with E-state index in [2.05, 4.69) is 95.9 Å². The summed E-state index contributed by atoms with van der Waals surface area (Å²) in [7, 11) is 0. The van der Waals surface area contributed by atoms with E-state index >= 15 is 0 Å². The lowest BCUT2D eigenvalue weighted by atomic mass is 9.87. The van der Waals surface area contributed by atoms with Crippen molar-refractivity contribution in [2.45, 2.75) is 37.6 Å². The van der Waals surface area contributed by atoms with E-state index in [4.69, 9.17) is 9.73 Å². The maximum absolute atomic E-state index is 5.96. The number of hydrogen-bond acceptors (Lipinski definition) is 3. The monoisotopic (exact) mass is 438 g/mol. The van der Waals surface area contributed by atoms with Gasteiger partial charge in [-0.2, -0.15) is 0 Å². The molecule has 0 bridgehead atoms. The number of aliphatic imine (C=N–C) groups is 1. The normalized spacial score (nSPS) is 19.4. The summed E-state index contributed by atoms with van der Waals surface area (Å²) in [6.45, 7) is 4.19. The van der Waals surface area contributed by atoms with E-state index in [9.17, 15) is 0 Å². The zero-order valence-electron chi connectivity index (χ0n) is 19.4. The van der Waals surface area contributed by atoms with Crippen molar-refractivity contribution >= 4 is 5.90 Å². The van der Waals surface area contributed by atoms with Gasteiger partial charge in [0.15, 0.2) is 5.90 Å². The molecule has 0 N–H and O–H groups in total. The Balaban J connectivity index is 1.12. The van der Waals surface area contributed by atoms with Gasteiger partial charge >= 0.3 is 0 Å². The Bertz CT molecular complexity index is 971. The molecule has 0 spiro atoms. The van der Waals surface area contributed by atoms with Crippen LogP contribution in [0.4, 0.5) is 0 Å². The van der Waals surface area contributed by atoms with Crippen LogP contribution in [0.3, 0.4) is 0 Å². The number of rotatable bonds is 8. The smallest absolute Gasteiger partial charge is 0.184 e. The van der Waals surface area contributed by atoms with Crippen molar-refractivity contribution in [1.82, 2.24) is 4.90 Å². The van der Waals surface area contributed by atoms with Crippen LogP contribution in [-0.4, -0.2) is 37.0 Å². The van der Waals surface area contributed by atoms with E-state index < -0.39 is 0 Å². The molecule has 3 aromatic carbocycles. The summed E-state index contributed by atoms with van der Waals surface area (Å²) in [5.74, 6) is 2.12. The first-order valence-corrected chi connectivity index (χ1v) is 12.4. The average Bonchev–Trinajstić information content (AvgIpc) is 3.36. The number of ether oxygens (including phenoxy) is 1. The number of hydrogen-bond donors (Lipinski definition) is 0. The third-order valence-electron chi connectivity index (χ3n) is 7.20. The fourth-order valence-corrected chi connectivity index (χ4v) is 5.25. The zero-order valence-corrected chi connectivity index (χ0v) is 19.4. The Morgan fingerprint density at radius 2 is 1.36 bits per heavy atom. The number of likely N-dealkylation sites (tertiary alicyclic amines) is 1. The quantitative estimate of drug-likeness (QED) is 0.402. The molecular weight excluding hydrogens is 404 g/mol. The third kappa shape index (κ3) is 5.72. The summed E-state index contributed by atoms with van der Waals surface area (Å²) in [5.41, 5.74) is 4.10. The van der Waals surface area contributed by atoms with Crippen LogP contribution in [0.2, 0.25) is 0 Å². The van der Waals surface area contributed by atoms with E-state index in [1.54, 1.807) is 0 Å². The van der Waals surface area contributed by atoms with Gasteiger partial charge in [0.2, 0.25) is 0 Å². The molecule has 33 heavy (non-hydrogen) atoms. The Morgan fingerprint density at radius 3 is 1.97 bits per heavy atom. The van der Waals surface area contributed by atoms with Crippen molar-refractivity contribution < 1.29 is 4.74 Å². The van der Waals surface area contributed by atoms with E-state index in [1.165, 1.54) is 42.6 Å². The highest BCUT2D eigenvalue weighted by molar-refractivity contribution is 5.78. The fraction of sp³-hybridized carbons (Fsp3) is 0.367. The first-order valence-electron chi connectivity index (χ1n) is 12.4. The molecule has 2 heterocycles. The minimum Gasteiger partial charge on any atom is -0.478 e. The Kier molecular flexibility index (Phi) is 7.17. The largest absolute Gasteiger partial charge is 0.478 e. The minimum atomic E-state index is 0.175. The molecular formula is C30H34N2O. The maximum Gasteiger partial charge on any atom is 0.184 e. The molecule has 0 radical (unpaired) electrons. The standard InChI is InChI=1S/C30H34N2O/c1-4-10-25(11-5-1)28(26-12-6-2-7-13-26)18-21-32-19-16-24(17-20-32)22-30-31-29(23-33-30)27-14-8-3-9-15-27/h1-15,24,28-29H,16-23H2. The molecule has 1 atom stereocenters. The summed E-state index contributed by atoms with van der Waals surface area (Å²) in [6, 6.07) is 32.6. The second-order valence-electron chi connectivity index (χ2n) is 9.41. The van der Waals surface area contributed by atoms with Gasteiger partial charge in [-0.1, -0.05) is 91.0 Å². The molecule has 1 saturated heterocycles. The van der Waals surface area contributed by atoms with E-state index in [-0.39, 0.29) is 6.04 Å². The molecule has 2 aliphatic heterocycles. The molecule has 170 valence electrons. The summed E-state index contributed by atoms with van der Waals surface area (Å²) in [4.78, 5) is 7.53. The van der Waals surface area contributed by atoms with Crippen molar-refractivity contribution in [3.63, 3.8) is 0 Å². The zero-order chi connectivity index (χ0) is 22.3. The first kappa shape index (κ1) is 21.9. The molecule has 3 nitrogen and oxygen atoms in total. The lowest BCUT2D eigenvalue weighted by molar-refractivity contribution is 0.179. The van der Waals surface area contributed by atoms with Crippen LogP contribution in [0.1, 0.15) is 54.3 Å². The Labute approximate surface area is 198 Å². The van der Waals surface area contributed by atoms with Crippen LogP contribution >= 0.6 is 0 Å². The summed E-state index contributed by atoms with van der Waals surface area (Å²) in [6.07, 6.45) is 4.63. The lowest BCUT2D eigenvalue weighted by Gasteiger charge is -2.33. The van der Waals surface area contributed by atoms with Gasteiger partial charge in [0, 0.05) is 12.3 Å². The van der Waals surface area contributed by atoms with Gasteiger partial charge in [-0.15, -0.1) is 0 Å². The molecule has 5 rings (SSSR count). The van der Waals surface area contributed by atoms with Crippen LogP contribution in [-0.2, 0) is 4.74 Å². The summed E-state index contributed by atoms with van der Waals surface area (Å²) in [5, 5.41) is 0. The molecule has 0 saturated carbocycles. The molecule has 0 aliphatic carbocycles. The van der Waals surface area contributed by atoms with Gasteiger partial charge in [0.1, 0.15) is 12.6 Å². The van der Waals surface area contributed by atoms with Gasteiger partial charge in [0.05, 0.1) is 0 Å². The van der Waals surface area contributed by atoms with Crippen molar-refractivity contribution in [2.24, 2.45) is 10.9 Å². The van der Waals surface area contributed by atoms with Crippen LogP contribution in [0, 0.1) is 5.92 Å². The van der Waals surface area contributed by atoms with Crippen molar-refractivity contribution in [1.29, 1.82) is 0 Å². The fourth-order valence-electron chi connectivity index (χ4n) is 5.25. The van der Waals surface area contributed by atoms with Gasteiger partial charge < -0.3 is 9.64 Å². The highest BCUT2D eigenvalue weighted by Gasteiger charge is 2.26. The molecule has 1 fully saturated rings. The van der Waals surface area contributed by atoms with Gasteiger partial charge in [-0.05, 0) is 61.5 Å². The Morgan fingerprint density at radius 1 is 0.788 bits per heavy atom. The molecule has 3 heteroatoms. The van der Waals surface area contributed by atoms with Crippen LogP contribution < -0.4 is 0 Å². The Hall–Kier alpha value is -2.91. The molecule has 2 aliphatic rings. The molecule has 0 aromatic heterocycles. The molecule has 3 aromatic rings. The number of benzene rings is 3. The SMILES string of the molecule is c1ccc(C2COC(CC3CCN(CCC(c4ccccc4)c4ccccc4)CC3)=N2)cc1. The van der Waals surface area contributed by atoms with Gasteiger partial charge in [-0.25, -0.2) is 4.99 Å². The van der Waals surface area contributed by atoms with E-state index in [0.29, 0.717) is 18.4 Å². The van der Waals surface area contributed by atoms with Crippen molar-refractivity contribution in [3.8, 4) is 0 Å². The number of piperidine rings is 1. The summed E-state index contributed by atoms with van der Waals surface area (Å²) >= 11 is 0. The van der Waals surface area contributed by atoms with Gasteiger partial charge in [-0.3, -0.25) is 0 Å².